The summed E-state index contributed by atoms with van der Waals surface area (Å²) < 4.78 is 33.7. The van der Waals surface area contributed by atoms with Gasteiger partial charge in [0.1, 0.15) is 48.1 Å². The summed E-state index contributed by atoms with van der Waals surface area (Å²) in [4.78, 5) is 69.7. The number of aliphatic hydroxyl groups excluding tert-OH is 1. The van der Waals surface area contributed by atoms with Crippen molar-refractivity contribution in [1.29, 1.82) is 0 Å². The number of anilines is 1. The Balaban J connectivity index is 0.690. The van der Waals surface area contributed by atoms with Crippen molar-refractivity contribution in [3.05, 3.63) is 130 Å². The number of aromatic nitrogens is 6. The fourth-order valence-corrected chi connectivity index (χ4v) is 10.1. The van der Waals surface area contributed by atoms with Crippen molar-refractivity contribution in [2.24, 2.45) is 5.41 Å². The molecule has 0 saturated carbocycles. The smallest absolute Gasteiger partial charge is 0.258 e. The molecule has 0 unspecified atom stereocenters. The molecule has 2 aliphatic heterocycles. The van der Waals surface area contributed by atoms with Crippen molar-refractivity contribution in [2.45, 2.75) is 91.6 Å². The predicted octanol–water partition coefficient (Wildman–Crippen LogP) is 5.93. The molecule has 0 aliphatic carbocycles. The summed E-state index contributed by atoms with van der Waals surface area (Å²) in [6.07, 6.45) is 3.70. The van der Waals surface area contributed by atoms with Crippen LogP contribution in [0.2, 0.25) is 0 Å². The highest BCUT2D eigenvalue weighted by Crippen LogP contribution is 2.33. The lowest BCUT2D eigenvalue weighted by Crippen LogP contribution is -2.58. The van der Waals surface area contributed by atoms with Crippen molar-refractivity contribution >= 4 is 46.6 Å². The van der Waals surface area contributed by atoms with E-state index in [1.54, 1.807) is 64.1 Å². The summed E-state index contributed by atoms with van der Waals surface area (Å²) in [7, 11) is 0. The Labute approximate surface area is 442 Å². The molecule has 2 aliphatic rings. The van der Waals surface area contributed by atoms with Gasteiger partial charge in [-0.25, -0.2) is 14.4 Å². The number of carbonyl (C=O) groups is 4. The van der Waals surface area contributed by atoms with Gasteiger partial charge in [-0.15, -0.1) is 21.5 Å². The number of nitrogens with zero attached hydrogens (tertiary/aromatic N) is 7. The molecule has 7 aromatic rings. The molecule has 5 N–H and O–H groups in total. The summed E-state index contributed by atoms with van der Waals surface area (Å²) in [6, 6.07) is 19.4. The zero-order chi connectivity index (χ0) is 53.5. The number of rotatable bonds is 20. The number of hydrogen-bond acceptors (Lipinski definition) is 15. The van der Waals surface area contributed by atoms with Gasteiger partial charge in [-0.3, -0.25) is 28.6 Å². The molecule has 0 bridgehead atoms. The fourth-order valence-electron chi connectivity index (χ4n) is 9.30. The largest absolute Gasteiger partial charge is 0.493 e. The number of amides is 4. The molecular weight excluding hydrogens is 994 g/mol. The number of hydrogen-bond donors (Lipinski definition) is 5. The second-order valence-corrected chi connectivity index (χ2v) is 20.7. The van der Waals surface area contributed by atoms with Crippen LogP contribution in [0.15, 0.2) is 90.8 Å². The summed E-state index contributed by atoms with van der Waals surface area (Å²) in [5.74, 6) is 0.219. The van der Waals surface area contributed by atoms with Crippen LogP contribution in [-0.4, -0.2) is 114 Å². The van der Waals surface area contributed by atoms with Gasteiger partial charge in [0.05, 0.1) is 35.3 Å². The van der Waals surface area contributed by atoms with Gasteiger partial charge in [0.25, 0.3) is 5.91 Å². The van der Waals surface area contributed by atoms with Crippen LogP contribution < -0.4 is 35.5 Å². The summed E-state index contributed by atoms with van der Waals surface area (Å²) in [5.41, 5.74) is 8.90. The minimum Gasteiger partial charge on any atom is -0.493 e. The number of benzene rings is 3. The molecule has 3 aromatic carbocycles. The number of halogens is 1. The van der Waals surface area contributed by atoms with Crippen molar-refractivity contribution in [2.75, 3.05) is 38.2 Å². The van der Waals surface area contributed by atoms with Gasteiger partial charge in [0, 0.05) is 78.7 Å². The second kappa shape index (κ2) is 23.2. The van der Waals surface area contributed by atoms with E-state index in [-0.39, 0.29) is 64.0 Å². The third-order valence-corrected chi connectivity index (χ3v) is 14.3. The molecule has 0 radical (unpaired) electrons. The van der Waals surface area contributed by atoms with E-state index in [0.29, 0.717) is 53.9 Å². The van der Waals surface area contributed by atoms with E-state index in [1.807, 2.05) is 71.0 Å². The standard InChI is InChI=1S/C55H60FN11O8S/c1-32-40(43-27-60-54(67-30-62-65-51(43)67)59-26-42-41-20-22-74-46(41)18-17-44(42)56)16-10-36(63-32)11-19-47(69)57-21-23-73-38-12-14-39(15-13-38)75-29-48(70)64-50(55(3,4)5)53(72)66-28-37(68)24-45(66)52(71)58-25-34-6-8-35(9-7-34)49-33(2)61-31-76-49/h6-10,12-18,27,30-31,37,45,50,68H,11,19-26,28-29H2,1-5H3,(H,57,69)(H,58,71)(H,59,60)(H,64,70)/t37-,45+,50-/m1/s1. The highest BCUT2D eigenvalue weighted by molar-refractivity contribution is 7.13. The van der Waals surface area contributed by atoms with Crippen LogP contribution in [0.5, 0.6) is 17.2 Å². The Hall–Kier alpha value is -8.04. The third kappa shape index (κ3) is 12.4. The number of β-amino-alcohol motifs (C(OH)–C–C–N with tert-alkyl or cyclic N) is 1. The topological polar surface area (TPSA) is 236 Å². The van der Waals surface area contributed by atoms with Gasteiger partial charge in [0.15, 0.2) is 12.3 Å². The first-order valence-corrected chi connectivity index (χ1v) is 26.0. The lowest BCUT2D eigenvalue weighted by atomic mass is 9.85. The molecule has 4 amide bonds. The van der Waals surface area contributed by atoms with E-state index in [9.17, 15) is 28.7 Å². The molecule has 3 atom stereocenters. The van der Waals surface area contributed by atoms with E-state index >= 15 is 0 Å². The monoisotopic (exact) mass is 1050 g/mol. The average Bonchev–Trinajstić information content (AvgIpc) is 4.26. The van der Waals surface area contributed by atoms with Gasteiger partial charge in [-0.1, -0.05) is 51.1 Å². The quantitative estimate of drug-likeness (QED) is 0.0557. The normalized spacial score (nSPS) is 15.4. The molecule has 1 saturated heterocycles. The number of ether oxygens (including phenoxy) is 3. The molecule has 1 fully saturated rings. The summed E-state index contributed by atoms with van der Waals surface area (Å²) >= 11 is 1.56. The van der Waals surface area contributed by atoms with E-state index in [0.717, 1.165) is 49.8 Å². The first-order chi connectivity index (χ1) is 36.6. The van der Waals surface area contributed by atoms with Crippen molar-refractivity contribution in [3.63, 3.8) is 0 Å². The number of aryl methyl sites for hydroxylation is 3. The Morgan fingerprint density at radius 2 is 1.68 bits per heavy atom. The first-order valence-electron chi connectivity index (χ1n) is 25.1. The Kier molecular flexibility index (Phi) is 16.1. The number of aliphatic hydroxyl groups is 1. The van der Waals surface area contributed by atoms with Crippen LogP contribution in [0.25, 0.3) is 27.2 Å². The van der Waals surface area contributed by atoms with E-state index < -0.39 is 41.3 Å². The summed E-state index contributed by atoms with van der Waals surface area (Å²) in [5, 5.41) is 30.9. The number of nitrogens with one attached hydrogen (secondary N) is 4. The molecule has 4 aromatic heterocycles. The van der Waals surface area contributed by atoms with Crippen LogP contribution in [-0.2, 0) is 45.1 Å². The highest BCUT2D eigenvalue weighted by Gasteiger charge is 2.44. The molecule has 76 heavy (non-hydrogen) atoms. The maximum absolute atomic E-state index is 14.8. The fraction of sp³-hybridized carbons (Fsp3) is 0.364. The van der Waals surface area contributed by atoms with Crippen LogP contribution in [0.4, 0.5) is 10.3 Å². The second-order valence-electron chi connectivity index (χ2n) is 19.8. The van der Waals surface area contributed by atoms with Crippen LogP contribution in [0.3, 0.4) is 0 Å². The van der Waals surface area contributed by atoms with E-state index in [1.165, 1.54) is 11.0 Å². The van der Waals surface area contributed by atoms with Crippen molar-refractivity contribution in [3.8, 4) is 38.8 Å². The van der Waals surface area contributed by atoms with Crippen LogP contribution in [0.1, 0.15) is 67.4 Å². The maximum atomic E-state index is 14.8. The summed E-state index contributed by atoms with van der Waals surface area (Å²) in [6.45, 7) is 10.3. The van der Waals surface area contributed by atoms with Gasteiger partial charge in [-0.2, -0.15) is 0 Å². The first kappa shape index (κ1) is 52.8. The molecular formula is C55H60FN11O8S. The van der Waals surface area contributed by atoms with E-state index in [4.69, 9.17) is 19.2 Å². The average molecular weight is 1050 g/mol. The Morgan fingerprint density at radius 3 is 2.42 bits per heavy atom. The van der Waals surface area contributed by atoms with Gasteiger partial charge >= 0.3 is 0 Å². The van der Waals surface area contributed by atoms with E-state index in [2.05, 4.69) is 41.4 Å². The molecule has 9 rings (SSSR count). The Bertz CT molecular complexity index is 3230. The minimum absolute atomic E-state index is 0.0425. The maximum Gasteiger partial charge on any atom is 0.258 e. The SMILES string of the molecule is Cc1nc(CCC(=O)NCCOc2ccc(OCC(=O)N[C@H](C(=O)N3C[C@H](O)C[C@H]3C(=O)NCc3ccc(-c4scnc4C)cc3)C(C)(C)C)cc2)ccc1-c1cnc(NCc2c(F)ccc3c2CCO3)n2cnnc12. The molecule has 21 heteroatoms. The molecule has 396 valence electrons. The van der Waals surface area contributed by atoms with Crippen LogP contribution >= 0.6 is 11.3 Å². The lowest BCUT2D eigenvalue weighted by molar-refractivity contribution is -0.144. The third-order valence-electron chi connectivity index (χ3n) is 13.3. The van der Waals surface area contributed by atoms with Crippen LogP contribution in [0, 0.1) is 25.1 Å². The Morgan fingerprint density at radius 1 is 0.908 bits per heavy atom. The lowest BCUT2D eigenvalue weighted by Gasteiger charge is -2.35. The molecule has 6 heterocycles. The zero-order valence-electron chi connectivity index (χ0n) is 42.9. The van der Waals surface area contributed by atoms with Gasteiger partial charge < -0.3 is 45.5 Å². The number of pyridine rings is 1. The van der Waals surface area contributed by atoms with Crippen molar-refractivity contribution in [1.82, 2.24) is 50.4 Å². The predicted molar refractivity (Wildman–Crippen MR) is 282 cm³/mol. The molecule has 19 nitrogen and oxygen atoms in total. The number of likely N-dealkylation sites (tertiary alicyclic amines) is 1. The highest BCUT2D eigenvalue weighted by atomic mass is 32.1. The van der Waals surface area contributed by atoms with Crippen molar-refractivity contribution < 1.29 is 42.9 Å². The van der Waals surface area contributed by atoms with Gasteiger partial charge in [0.2, 0.25) is 23.7 Å². The minimum atomic E-state index is -1.01. The van der Waals surface area contributed by atoms with Gasteiger partial charge in [-0.05, 0) is 79.3 Å². The number of thiazole rings is 1. The number of fused-ring (bicyclic) bond motifs is 2. The zero-order valence-corrected chi connectivity index (χ0v) is 43.7. The number of carbonyl (C=O) groups excluding carboxylic acids is 4. The molecule has 0 spiro atoms.